The molecule has 2 aromatic rings. The van der Waals surface area contributed by atoms with Crippen LogP contribution in [0.5, 0.6) is 0 Å². The minimum Gasteiger partial charge on any atom is -0.391 e. The summed E-state index contributed by atoms with van der Waals surface area (Å²) in [6.45, 7) is 1.00. The molecule has 1 N–H and O–H groups in total. The first-order chi connectivity index (χ1) is 11.0. The largest absolute Gasteiger partial charge is 0.391 e. The van der Waals surface area contributed by atoms with Crippen molar-refractivity contribution < 1.29 is 13.9 Å². The summed E-state index contributed by atoms with van der Waals surface area (Å²) in [6.07, 6.45) is 2.33. The third-order valence-corrected chi connectivity index (χ3v) is 4.13. The van der Waals surface area contributed by atoms with Gasteiger partial charge in [-0.15, -0.1) is 0 Å². The van der Waals surface area contributed by atoms with Crippen LogP contribution in [-0.2, 0) is 0 Å². The van der Waals surface area contributed by atoms with Crippen molar-refractivity contribution in [3.63, 3.8) is 0 Å². The molecule has 0 spiro atoms. The second kappa shape index (κ2) is 6.25. The van der Waals surface area contributed by atoms with Crippen molar-refractivity contribution in [1.29, 1.82) is 0 Å². The van der Waals surface area contributed by atoms with Gasteiger partial charge in [0.2, 0.25) is 0 Å². The molecule has 1 aliphatic heterocycles. The molecule has 1 aromatic heterocycles. The van der Waals surface area contributed by atoms with E-state index in [9.17, 15) is 18.7 Å². The Kier molecular flexibility index (Phi) is 4.32. The van der Waals surface area contributed by atoms with E-state index in [0.29, 0.717) is 31.3 Å². The molecule has 0 aliphatic carbocycles. The Morgan fingerprint density at radius 2 is 2.09 bits per heavy atom. The van der Waals surface area contributed by atoms with Gasteiger partial charge >= 0.3 is 0 Å². The van der Waals surface area contributed by atoms with Crippen molar-refractivity contribution in [2.24, 2.45) is 0 Å². The van der Waals surface area contributed by atoms with Crippen molar-refractivity contribution in [3.05, 3.63) is 51.4 Å². The van der Waals surface area contributed by atoms with E-state index in [1.165, 1.54) is 6.20 Å². The maximum atomic E-state index is 13.8. The average Bonchev–Trinajstić information content (AvgIpc) is 2.51. The Bertz CT molecular complexity index is 797. The highest BCUT2D eigenvalue weighted by Gasteiger charge is 2.22. The van der Waals surface area contributed by atoms with E-state index in [2.05, 4.69) is 5.10 Å². The summed E-state index contributed by atoms with van der Waals surface area (Å²) in [5.74, 6) is -1.65. The second-order valence-electron chi connectivity index (χ2n) is 5.40. The summed E-state index contributed by atoms with van der Waals surface area (Å²) < 4.78 is 27.6. The molecule has 8 heteroatoms. The Hall–Kier alpha value is -1.99. The van der Waals surface area contributed by atoms with Gasteiger partial charge in [-0.25, -0.2) is 8.78 Å². The van der Waals surface area contributed by atoms with Gasteiger partial charge in [0.1, 0.15) is 16.5 Å². The fourth-order valence-corrected chi connectivity index (χ4v) is 2.89. The molecule has 1 fully saturated rings. The first-order valence-electron chi connectivity index (χ1n) is 7.13. The predicted octanol–water partition coefficient (Wildman–Crippen LogP) is 2.13. The first kappa shape index (κ1) is 15.9. The maximum absolute atomic E-state index is 13.8. The maximum Gasteiger partial charge on any atom is 0.292 e. The van der Waals surface area contributed by atoms with Crippen molar-refractivity contribution in [2.75, 3.05) is 18.0 Å². The number of rotatable bonds is 2. The van der Waals surface area contributed by atoms with Crippen LogP contribution < -0.4 is 10.5 Å². The summed E-state index contributed by atoms with van der Waals surface area (Å²) in [5, 5.41) is 13.5. The zero-order valence-corrected chi connectivity index (χ0v) is 12.8. The fraction of sp³-hybridized carbons (Fsp3) is 0.333. The van der Waals surface area contributed by atoms with Crippen molar-refractivity contribution in [2.45, 2.75) is 18.9 Å². The molecule has 0 bridgehead atoms. The molecule has 1 aromatic carbocycles. The molecule has 2 heterocycles. The monoisotopic (exact) mass is 341 g/mol. The lowest BCUT2D eigenvalue weighted by Gasteiger charge is -2.32. The number of anilines is 1. The standard InChI is InChI=1S/C15H14ClF2N3O2/c16-14-13(20-5-1-2-10(22)8-20)7-19-21(15(14)23)12-4-3-9(17)6-11(12)18/h3-4,6-7,10,22H,1-2,5,8H2. The number of halogens is 3. The van der Waals surface area contributed by atoms with Crippen molar-refractivity contribution in [3.8, 4) is 5.69 Å². The molecule has 0 saturated carbocycles. The Morgan fingerprint density at radius 3 is 2.78 bits per heavy atom. The first-order valence-corrected chi connectivity index (χ1v) is 7.51. The van der Waals surface area contributed by atoms with Crippen molar-refractivity contribution in [1.82, 2.24) is 9.78 Å². The third kappa shape index (κ3) is 3.07. The highest BCUT2D eigenvalue weighted by Crippen LogP contribution is 2.25. The van der Waals surface area contributed by atoms with E-state index in [1.807, 2.05) is 0 Å². The molecule has 23 heavy (non-hydrogen) atoms. The number of hydrogen-bond donors (Lipinski definition) is 1. The van der Waals surface area contributed by atoms with Crippen LogP contribution in [0.3, 0.4) is 0 Å². The topological polar surface area (TPSA) is 58.4 Å². The van der Waals surface area contributed by atoms with E-state index in [4.69, 9.17) is 11.6 Å². The Morgan fingerprint density at radius 1 is 1.30 bits per heavy atom. The zero-order valence-electron chi connectivity index (χ0n) is 12.0. The molecule has 1 saturated heterocycles. The SMILES string of the molecule is O=c1c(Cl)c(N2CCCC(O)C2)cnn1-c1ccc(F)cc1F. The molecule has 0 amide bonds. The molecular formula is C15H14ClF2N3O2. The number of benzene rings is 1. The fourth-order valence-electron chi connectivity index (χ4n) is 2.64. The smallest absolute Gasteiger partial charge is 0.292 e. The number of aliphatic hydroxyl groups excluding tert-OH is 1. The van der Waals surface area contributed by atoms with Crippen molar-refractivity contribution >= 4 is 17.3 Å². The van der Waals surface area contributed by atoms with Gasteiger partial charge in [0, 0.05) is 19.2 Å². The van der Waals surface area contributed by atoms with Crippen LogP contribution in [0.4, 0.5) is 14.5 Å². The number of hydrogen-bond acceptors (Lipinski definition) is 4. The highest BCUT2D eigenvalue weighted by atomic mass is 35.5. The molecule has 1 atom stereocenters. The molecule has 5 nitrogen and oxygen atoms in total. The summed E-state index contributed by atoms with van der Waals surface area (Å²) >= 11 is 6.12. The Balaban J connectivity index is 2.02. The van der Waals surface area contributed by atoms with E-state index >= 15 is 0 Å². The summed E-state index contributed by atoms with van der Waals surface area (Å²) in [7, 11) is 0. The number of aromatic nitrogens is 2. The van der Waals surface area contributed by atoms with Crippen LogP contribution >= 0.6 is 11.6 Å². The minimum absolute atomic E-state index is 0.113. The molecule has 1 aliphatic rings. The van der Waals surface area contributed by atoms with Crippen LogP contribution in [0.1, 0.15) is 12.8 Å². The van der Waals surface area contributed by atoms with E-state index in [-0.39, 0.29) is 10.7 Å². The summed E-state index contributed by atoms with van der Waals surface area (Å²) in [5.41, 5.74) is -0.479. The summed E-state index contributed by atoms with van der Waals surface area (Å²) in [4.78, 5) is 14.1. The lowest BCUT2D eigenvalue weighted by Crippen LogP contribution is -2.39. The van der Waals surface area contributed by atoms with Gasteiger partial charge in [-0.05, 0) is 25.0 Å². The molecule has 3 rings (SSSR count). The Labute approximate surface area is 135 Å². The third-order valence-electron chi connectivity index (χ3n) is 3.78. The predicted molar refractivity (Wildman–Crippen MR) is 82.2 cm³/mol. The van der Waals surface area contributed by atoms with E-state index in [0.717, 1.165) is 23.2 Å². The molecule has 122 valence electrons. The molecular weight excluding hydrogens is 328 g/mol. The van der Waals surface area contributed by atoms with E-state index < -0.39 is 23.3 Å². The number of aliphatic hydroxyl groups is 1. The van der Waals surface area contributed by atoms with Gasteiger partial charge in [0.05, 0.1) is 18.0 Å². The van der Waals surface area contributed by atoms with Gasteiger partial charge in [-0.2, -0.15) is 9.78 Å². The number of β-amino-alcohol motifs (C(OH)–C–C–N with tert-alkyl or cyclic N) is 1. The molecule has 0 radical (unpaired) electrons. The average molecular weight is 342 g/mol. The van der Waals surface area contributed by atoms with E-state index in [1.54, 1.807) is 4.90 Å². The molecule has 1 unspecified atom stereocenters. The lowest BCUT2D eigenvalue weighted by atomic mass is 10.1. The van der Waals surface area contributed by atoms with Crippen LogP contribution in [0, 0.1) is 11.6 Å². The van der Waals surface area contributed by atoms with Gasteiger partial charge in [0.15, 0.2) is 5.82 Å². The lowest BCUT2D eigenvalue weighted by molar-refractivity contribution is 0.154. The van der Waals surface area contributed by atoms with Crippen LogP contribution in [0.15, 0.2) is 29.2 Å². The quantitative estimate of drug-likeness (QED) is 0.909. The zero-order chi connectivity index (χ0) is 16.6. The van der Waals surface area contributed by atoms with Crippen LogP contribution in [0.25, 0.3) is 5.69 Å². The van der Waals surface area contributed by atoms with Gasteiger partial charge in [0.25, 0.3) is 5.56 Å². The normalized spacial score (nSPS) is 18.3. The number of piperidine rings is 1. The van der Waals surface area contributed by atoms with Crippen LogP contribution in [0.2, 0.25) is 5.02 Å². The van der Waals surface area contributed by atoms with Gasteiger partial charge in [-0.1, -0.05) is 11.6 Å². The second-order valence-corrected chi connectivity index (χ2v) is 5.78. The van der Waals surface area contributed by atoms with Gasteiger partial charge in [-0.3, -0.25) is 4.79 Å². The number of nitrogens with zero attached hydrogens (tertiary/aromatic N) is 3. The van der Waals surface area contributed by atoms with Gasteiger partial charge < -0.3 is 10.0 Å². The highest BCUT2D eigenvalue weighted by molar-refractivity contribution is 6.33. The summed E-state index contributed by atoms with van der Waals surface area (Å²) in [6, 6.07) is 2.83. The minimum atomic E-state index is -0.906. The van der Waals surface area contributed by atoms with Crippen LogP contribution in [-0.4, -0.2) is 34.1 Å².